The Hall–Kier alpha value is -2.69. The fraction of sp³-hybridized carbons (Fsp3) is 0.318. The first-order valence-corrected chi connectivity index (χ1v) is 12.6. The summed E-state index contributed by atoms with van der Waals surface area (Å²) in [5.41, 5.74) is 1.45. The molecule has 0 N–H and O–H groups in total. The maximum absolute atomic E-state index is 12.7. The maximum Gasteiger partial charge on any atom is 0.261 e. The van der Waals surface area contributed by atoms with Gasteiger partial charge in [-0.1, -0.05) is 41.6 Å². The Morgan fingerprint density at radius 2 is 1.75 bits per heavy atom. The van der Waals surface area contributed by atoms with Crippen molar-refractivity contribution in [2.45, 2.75) is 17.0 Å². The van der Waals surface area contributed by atoms with Crippen LogP contribution in [0.2, 0.25) is 0 Å². The molecule has 1 aromatic heterocycles. The molecule has 1 fully saturated rings. The van der Waals surface area contributed by atoms with Crippen LogP contribution in [0.15, 0.2) is 63.4 Å². The van der Waals surface area contributed by atoms with Crippen molar-refractivity contribution in [3.63, 3.8) is 0 Å². The van der Waals surface area contributed by atoms with Gasteiger partial charge < -0.3 is 4.90 Å². The molecule has 32 heavy (non-hydrogen) atoms. The molecule has 1 aliphatic rings. The second-order valence-corrected chi connectivity index (χ2v) is 10.5. The number of piperazine rings is 1. The Morgan fingerprint density at radius 3 is 2.44 bits per heavy atom. The van der Waals surface area contributed by atoms with Crippen molar-refractivity contribution >= 4 is 38.6 Å². The van der Waals surface area contributed by atoms with Crippen molar-refractivity contribution in [2.75, 3.05) is 31.9 Å². The van der Waals surface area contributed by atoms with Gasteiger partial charge in [-0.25, -0.2) is 13.4 Å². The van der Waals surface area contributed by atoms with Crippen molar-refractivity contribution in [3.05, 3.63) is 64.4 Å². The Kier molecular flexibility index (Phi) is 6.36. The quantitative estimate of drug-likeness (QED) is 0.416. The monoisotopic (exact) mass is 472 g/mol. The molecule has 2 heterocycles. The minimum atomic E-state index is -3.56. The van der Waals surface area contributed by atoms with Gasteiger partial charge in [0.1, 0.15) is 0 Å². The SMILES string of the molecule is Cc1ccc2nc(SCC(=O)N3CCN(S(=O)(=O)c4ccccc4)CC3)n(C)c(=O)c2c1. The molecule has 0 bridgehead atoms. The lowest BCUT2D eigenvalue weighted by molar-refractivity contribution is -0.129. The first-order valence-electron chi connectivity index (χ1n) is 10.2. The van der Waals surface area contributed by atoms with E-state index in [0.717, 1.165) is 5.56 Å². The van der Waals surface area contributed by atoms with Gasteiger partial charge in [0.25, 0.3) is 5.56 Å². The molecule has 3 aromatic rings. The number of carbonyl (C=O) groups is 1. The molecule has 2 aromatic carbocycles. The van der Waals surface area contributed by atoms with Crippen LogP contribution >= 0.6 is 11.8 Å². The zero-order chi connectivity index (χ0) is 22.9. The predicted octanol–water partition coefficient (Wildman–Crippen LogP) is 1.87. The standard InChI is InChI=1S/C22H24N4O4S2/c1-16-8-9-19-18(14-16)21(28)24(2)22(23-19)31-15-20(27)25-10-12-26(13-11-25)32(29,30)17-6-4-3-5-7-17/h3-9,14H,10-13,15H2,1-2H3. The molecule has 1 saturated heterocycles. The van der Waals surface area contributed by atoms with Gasteiger partial charge in [-0.2, -0.15) is 4.31 Å². The van der Waals surface area contributed by atoms with Gasteiger partial charge in [-0.3, -0.25) is 14.2 Å². The van der Waals surface area contributed by atoms with E-state index in [1.54, 1.807) is 42.3 Å². The van der Waals surface area contributed by atoms with E-state index in [1.807, 2.05) is 25.1 Å². The highest BCUT2D eigenvalue weighted by Gasteiger charge is 2.30. The third-order valence-electron chi connectivity index (χ3n) is 5.49. The van der Waals surface area contributed by atoms with Crippen LogP contribution in [0, 0.1) is 6.92 Å². The maximum atomic E-state index is 12.7. The Bertz CT molecular complexity index is 1320. The van der Waals surface area contributed by atoms with Crippen LogP contribution in [0.3, 0.4) is 0 Å². The van der Waals surface area contributed by atoms with E-state index in [4.69, 9.17) is 0 Å². The highest BCUT2D eigenvalue weighted by atomic mass is 32.2. The van der Waals surface area contributed by atoms with Gasteiger partial charge in [-0.15, -0.1) is 0 Å². The minimum Gasteiger partial charge on any atom is -0.339 e. The number of hydrogen-bond donors (Lipinski definition) is 0. The van der Waals surface area contributed by atoms with Crippen molar-refractivity contribution in [3.8, 4) is 0 Å². The van der Waals surface area contributed by atoms with Crippen LogP contribution in [0.25, 0.3) is 10.9 Å². The van der Waals surface area contributed by atoms with E-state index < -0.39 is 10.0 Å². The number of nitrogens with zero attached hydrogens (tertiary/aromatic N) is 4. The number of benzene rings is 2. The fourth-order valence-corrected chi connectivity index (χ4v) is 5.95. The molecular formula is C22H24N4O4S2. The topological polar surface area (TPSA) is 92.6 Å². The second kappa shape index (κ2) is 9.05. The van der Waals surface area contributed by atoms with E-state index in [0.29, 0.717) is 29.1 Å². The fourth-order valence-electron chi connectivity index (χ4n) is 3.63. The number of amides is 1. The van der Waals surface area contributed by atoms with Crippen LogP contribution in [0.4, 0.5) is 0 Å². The molecule has 4 rings (SSSR count). The summed E-state index contributed by atoms with van der Waals surface area (Å²) in [6.45, 7) is 3.08. The first-order chi connectivity index (χ1) is 15.3. The summed E-state index contributed by atoms with van der Waals surface area (Å²) >= 11 is 1.21. The number of carbonyl (C=O) groups excluding carboxylic acids is 1. The normalized spacial score (nSPS) is 15.2. The van der Waals surface area contributed by atoms with Gasteiger partial charge in [-0.05, 0) is 31.2 Å². The minimum absolute atomic E-state index is 0.106. The molecule has 0 aliphatic carbocycles. The summed E-state index contributed by atoms with van der Waals surface area (Å²) in [4.78, 5) is 31.8. The number of sulfonamides is 1. The predicted molar refractivity (Wildman–Crippen MR) is 124 cm³/mol. The van der Waals surface area contributed by atoms with Gasteiger partial charge in [0.2, 0.25) is 15.9 Å². The zero-order valence-electron chi connectivity index (χ0n) is 17.9. The van der Waals surface area contributed by atoms with Crippen LogP contribution in [-0.4, -0.2) is 65.0 Å². The molecule has 10 heteroatoms. The van der Waals surface area contributed by atoms with Crippen molar-refractivity contribution in [1.29, 1.82) is 0 Å². The van der Waals surface area contributed by atoms with E-state index in [9.17, 15) is 18.0 Å². The van der Waals surface area contributed by atoms with E-state index >= 15 is 0 Å². The van der Waals surface area contributed by atoms with Crippen molar-refractivity contribution in [1.82, 2.24) is 18.8 Å². The average molecular weight is 473 g/mol. The lowest BCUT2D eigenvalue weighted by Crippen LogP contribution is -2.51. The second-order valence-electron chi connectivity index (χ2n) is 7.67. The summed E-state index contributed by atoms with van der Waals surface area (Å²) in [7, 11) is -1.91. The Labute approximate surface area is 190 Å². The first kappa shape index (κ1) is 22.5. The van der Waals surface area contributed by atoms with Gasteiger partial charge in [0.15, 0.2) is 5.16 Å². The Balaban J connectivity index is 1.39. The molecule has 0 spiro atoms. The summed E-state index contributed by atoms with van der Waals surface area (Å²) < 4.78 is 28.4. The molecule has 0 unspecified atom stereocenters. The van der Waals surface area contributed by atoms with Crippen LogP contribution < -0.4 is 5.56 Å². The summed E-state index contributed by atoms with van der Waals surface area (Å²) in [5.74, 6) is 0.0216. The molecule has 0 saturated carbocycles. The molecule has 0 atom stereocenters. The summed E-state index contributed by atoms with van der Waals surface area (Å²) in [6.07, 6.45) is 0. The third-order valence-corrected chi connectivity index (χ3v) is 8.41. The number of rotatable bonds is 5. The number of hydrogen-bond acceptors (Lipinski definition) is 6. The van der Waals surface area contributed by atoms with Gasteiger partial charge in [0.05, 0.1) is 21.6 Å². The average Bonchev–Trinajstić information content (AvgIpc) is 2.81. The molecular weight excluding hydrogens is 448 g/mol. The van der Waals surface area contributed by atoms with E-state index in [-0.39, 0.29) is 35.2 Å². The lowest BCUT2D eigenvalue weighted by Gasteiger charge is -2.34. The van der Waals surface area contributed by atoms with Gasteiger partial charge in [0, 0.05) is 33.2 Å². The van der Waals surface area contributed by atoms with Gasteiger partial charge >= 0.3 is 0 Å². The van der Waals surface area contributed by atoms with Crippen LogP contribution in [-0.2, 0) is 21.9 Å². The molecule has 1 amide bonds. The summed E-state index contributed by atoms with van der Waals surface area (Å²) in [5, 5.41) is 1.03. The van der Waals surface area contributed by atoms with E-state index in [1.165, 1.54) is 20.6 Å². The molecule has 168 valence electrons. The van der Waals surface area contributed by atoms with Crippen molar-refractivity contribution in [2.24, 2.45) is 7.05 Å². The largest absolute Gasteiger partial charge is 0.339 e. The highest BCUT2D eigenvalue weighted by molar-refractivity contribution is 7.99. The van der Waals surface area contributed by atoms with Crippen LogP contribution in [0.5, 0.6) is 0 Å². The number of fused-ring (bicyclic) bond motifs is 1. The Morgan fingerprint density at radius 1 is 1.06 bits per heavy atom. The zero-order valence-corrected chi connectivity index (χ0v) is 19.5. The third kappa shape index (κ3) is 4.43. The van der Waals surface area contributed by atoms with E-state index in [2.05, 4.69) is 4.98 Å². The van der Waals surface area contributed by atoms with Crippen LogP contribution in [0.1, 0.15) is 5.56 Å². The number of aryl methyl sites for hydroxylation is 1. The van der Waals surface area contributed by atoms with Crippen molar-refractivity contribution < 1.29 is 13.2 Å². The lowest BCUT2D eigenvalue weighted by atomic mass is 10.2. The number of aromatic nitrogens is 2. The highest BCUT2D eigenvalue weighted by Crippen LogP contribution is 2.20. The summed E-state index contributed by atoms with van der Waals surface area (Å²) in [6, 6.07) is 13.8. The molecule has 8 nitrogen and oxygen atoms in total. The smallest absolute Gasteiger partial charge is 0.261 e. The molecule has 0 radical (unpaired) electrons. The molecule has 1 aliphatic heterocycles. The number of thioether (sulfide) groups is 1.